The quantitative estimate of drug-likeness (QED) is 0.681. The van der Waals surface area contributed by atoms with Gasteiger partial charge in [0.15, 0.2) is 0 Å². The summed E-state index contributed by atoms with van der Waals surface area (Å²) in [5.41, 5.74) is 8.00. The van der Waals surface area contributed by atoms with E-state index in [4.69, 9.17) is 33.7 Å². The molecule has 2 N–H and O–H groups in total. The van der Waals surface area contributed by atoms with E-state index < -0.39 is 5.97 Å². The number of benzene rings is 2. The molecule has 104 valence electrons. The molecule has 2 aromatic carbocycles. The van der Waals surface area contributed by atoms with E-state index in [-0.39, 0.29) is 6.61 Å². The van der Waals surface area contributed by atoms with E-state index >= 15 is 0 Å². The Morgan fingerprint density at radius 3 is 2.60 bits per heavy atom. The van der Waals surface area contributed by atoms with Crippen LogP contribution in [0.1, 0.15) is 21.5 Å². The van der Waals surface area contributed by atoms with Gasteiger partial charge < -0.3 is 10.5 Å². The number of anilines is 1. The predicted molar refractivity (Wildman–Crippen MR) is 81.2 cm³/mol. The van der Waals surface area contributed by atoms with Crippen LogP contribution in [-0.2, 0) is 11.3 Å². The van der Waals surface area contributed by atoms with Gasteiger partial charge in [0, 0.05) is 11.3 Å². The van der Waals surface area contributed by atoms with Crippen LogP contribution >= 0.6 is 23.2 Å². The van der Waals surface area contributed by atoms with Gasteiger partial charge in [-0.05, 0) is 24.6 Å². The molecule has 0 unspecified atom stereocenters. The lowest BCUT2D eigenvalue weighted by molar-refractivity contribution is 0.0473. The van der Waals surface area contributed by atoms with Crippen molar-refractivity contribution in [1.29, 1.82) is 0 Å². The molecule has 0 aliphatic heterocycles. The van der Waals surface area contributed by atoms with Gasteiger partial charge in [-0.15, -0.1) is 0 Å². The van der Waals surface area contributed by atoms with Gasteiger partial charge in [-0.2, -0.15) is 0 Å². The molecule has 0 radical (unpaired) electrons. The first-order chi connectivity index (χ1) is 9.50. The number of rotatable bonds is 3. The number of ether oxygens (including phenoxy) is 1. The average molecular weight is 310 g/mol. The second-order valence-corrected chi connectivity index (χ2v) is 5.11. The van der Waals surface area contributed by atoms with Crippen LogP contribution in [0.3, 0.4) is 0 Å². The molecule has 3 nitrogen and oxygen atoms in total. The molecule has 0 aliphatic rings. The lowest BCUT2D eigenvalue weighted by Crippen LogP contribution is -2.10. The molecule has 0 saturated heterocycles. The fourth-order valence-corrected chi connectivity index (χ4v) is 2.22. The number of hydrogen-bond donors (Lipinski definition) is 1. The van der Waals surface area contributed by atoms with Crippen molar-refractivity contribution < 1.29 is 9.53 Å². The highest BCUT2D eigenvalue weighted by atomic mass is 35.5. The summed E-state index contributed by atoms with van der Waals surface area (Å²) in [4.78, 5) is 12.1. The van der Waals surface area contributed by atoms with Crippen LogP contribution in [0.2, 0.25) is 10.0 Å². The summed E-state index contributed by atoms with van der Waals surface area (Å²) in [6.07, 6.45) is 0. The summed E-state index contributed by atoms with van der Waals surface area (Å²) in [7, 11) is 0. The van der Waals surface area contributed by atoms with Gasteiger partial charge in [0.1, 0.15) is 6.61 Å². The standard InChI is InChI=1S/C15H13Cl2NO2/c1-9-4-2-7-12(18)13(9)15(19)20-8-10-5-3-6-11(16)14(10)17/h2-7H,8,18H2,1H3. The maximum absolute atomic E-state index is 12.1. The number of nitrogens with two attached hydrogens (primary N) is 1. The summed E-state index contributed by atoms with van der Waals surface area (Å²) in [6.45, 7) is 1.85. The van der Waals surface area contributed by atoms with E-state index in [0.717, 1.165) is 5.56 Å². The highest BCUT2D eigenvalue weighted by molar-refractivity contribution is 6.42. The van der Waals surface area contributed by atoms with Crippen LogP contribution < -0.4 is 5.73 Å². The van der Waals surface area contributed by atoms with Crippen molar-refractivity contribution in [2.45, 2.75) is 13.5 Å². The first kappa shape index (κ1) is 14.7. The van der Waals surface area contributed by atoms with Crippen molar-refractivity contribution in [3.8, 4) is 0 Å². The van der Waals surface area contributed by atoms with Gasteiger partial charge >= 0.3 is 5.97 Å². The molecule has 0 aliphatic carbocycles. The van der Waals surface area contributed by atoms with E-state index in [1.165, 1.54) is 0 Å². The molecule has 20 heavy (non-hydrogen) atoms. The molecule has 5 heteroatoms. The third-order valence-electron chi connectivity index (χ3n) is 2.90. The van der Waals surface area contributed by atoms with Gasteiger partial charge in [0.2, 0.25) is 0 Å². The van der Waals surface area contributed by atoms with E-state index in [2.05, 4.69) is 0 Å². The van der Waals surface area contributed by atoms with Crippen LogP contribution in [0.4, 0.5) is 5.69 Å². The molecule has 0 aromatic heterocycles. The molecular formula is C15H13Cl2NO2. The number of nitrogen functional groups attached to an aromatic ring is 1. The Hall–Kier alpha value is -1.71. The minimum atomic E-state index is -0.475. The molecule has 0 spiro atoms. The zero-order chi connectivity index (χ0) is 14.7. The smallest absolute Gasteiger partial charge is 0.340 e. The van der Waals surface area contributed by atoms with E-state index in [0.29, 0.717) is 26.9 Å². The fourth-order valence-electron chi connectivity index (χ4n) is 1.84. The van der Waals surface area contributed by atoms with Crippen molar-refractivity contribution in [3.05, 3.63) is 63.1 Å². The first-order valence-corrected chi connectivity index (χ1v) is 6.71. The molecule has 0 fully saturated rings. The third kappa shape index (κ3) is 3.06. The van der Waals surface area contributed by atoms with E-state index in [1.54, 1.807) is 43.3 Å². The van der Waals surface area contributed by atoms with Gasteiger partial charge in [0.05, 0.1) is 15.6 Å². The number of carbonyl (C=O) groups is 1. The normalized spacial score (nSPS) is 10.3. The second-order valence-electron chi connectivity index (χ2n) is 4.33. The zero-order valence-corrected chi connectivity index (χ0v) is 12.3. The average Bonchev–Trinajstić information content (AvgIpc) is 2.40. The Morgan fingerprint density at radius 1 is 1.20 bits per heavy atom. The molecule has 0 atom stereocenters. The van der Waals surface area contributed by atoms with Crippen molar-refractivity contribution >= 4 is 34.9 Å². The lowest BCUT2D eigenvalue weighted by atomic mass is 10.1. The molecule has 0 amide bonds. The highest BCUT2D eigenvalue weighted by Crippen LogP contribution is 2.26. The molecule has 2 rings (SSSR count). The van der Waals surface area contributed by atoms with Crippen LogP contribution in [0.5, 0.6) is 0 Å². The summed E-state index contributed by atoms with van der Waals surface area (Å²) in [5.74, 6) is -0.475. The Morgan fingerprint density at radius 2 is 1.90 bits per heavy atom. The van der Waals surface area contributed by atoms with Gasteiger partial charge in [-0.1, -0.05) is 47.5 Å². The van der Waals surface area contributed by atoms with Gasteiger partial charge in [-0.25, -0.2) is 4.79 Å². The summed E-state index contributed by atoms with van der Waals surface area (Å²) in [6, 6.07) is 10.4. The van der Waals surface area contributed by atoms with Crippen LogP contribution in [-0.4, -0.2) is 5.97 Å². The van der Waals surface area contributed by atoms with Crippen LogP contribution in [0.25, 0.3) is 0 Å². The summed E-state index contributed by atoms with van der Waals surface area (Å²) in [5, 5.41) is 0.815. The topological polar surface area (TPSA) is 52.3 Å². The number of halogens is 2. The van der Waals surface area contributed by atoms with Crippen molar-refractivity contribution in [2.24, 2.45) is 0 Å². The first-order valence-electron chi connectivity index (χ1n) is 5.96. The number of carbonyl (C=O) groups excluding carboxylic acids is 1. The maximum atomic E-state index is 12.1. The Bertz CT molecular complexity index is 636. The monoisotopic (exact) mass is 309 g/mol. The van der Waals surface area contributed by atoms with E-state index in [1.807, 2.05) is 0 Å². The van der Waals surface area contributed by atoms with Crippen molar-refractivity contribution in [1.82, 2.24) is 0 Å². The Labute approximate surface area is 127 Å². The Kier molecular flexibility index (Phi) is 4.53. The minimum absolute atomic E-state index is 0.0476. The molecule has 0 saturated carbocycles. The zero-order valence-electron chi connectivity index (χ0n) is 10.8. The van der Waals surface area contributed by atoms with Gasteiger partial charge in [-0.3, -0.25) is 0 Å². The summed E-state index contributed by atoms with van der Waals surface area (Å²) < 4.78 is 5.25. The highest BCUT2D eigenvalue weighted by Gasteiger charge is 2.15. The minimum Gasteiger partial charge on any atom is -0.457 e. The van der Waals surface area contributed by atoms with Gasteiger partial charge in [0.25, 0.3) is 0 Å². The van der Waals surface area contributed by atoms with E-state index in [9.17, 15) is 4.79 Å². The number of aryl methyl sites for hydroxylation is 1. The maximum Gasteiger partial charge on any atom is 0.340 e. The third-order valence-corrected chi connectivity index (χ3v) is 3.76. The lowest BCUT2D eigenvalue weighted by Gasteiger charge is -2.10. The SMILES string of the molecule is Cc1cccc(N)c1C(=O)OCc1cccc(Cl)c1Cl. The largest absolute Gasteiger partial charge is 0.457 e. The number of hydrogen-bond acceptors (Lipinski definition) is 3. The molecular weight excluding hydrogens is 297 g/mol. The Balaban J connectivity index is 2.15. The molecule has 0 bridgehead atoms. The fraction of sp³-hybridized carbons (Fsp3) is 0.133. The number of esters is 1. The molecule has 2 aromatic rings. The second kappa shape index (κ2) is 6.16. The van der Waals surface area contributed by atoms with Crippen molar-refractivity contribution in [3.63, 3.8) is 0 Å². The van der Waals surface area contributed by atoms with Crippen LogP contribution in [0.15, 0.2) is 36.4 Å². The predicted octanol–water partition coefficient (Wildman–Crippen LogP) is 4.24. The summed E-state index contributed by atoms with van der Waals surface area (Å²) >= 11 is 11.9. The van der Waals surface area contributed by atoms with Crippen LogP contribution in [0, 0.1) is 6.92 Å². The van der Waals surface area contributed by atoms with Crippen molar-refractivity contribution in [2.75, 3.05) is 5.73 Å². The molecule has 0 heterocycles.